The minimum absolute atomic E-state index is 0.129. The SMILES string of the molecule is CC[C@H]1CC[C@@H](C(=O)O)N(C(C)=O)C1. The quantitative estimate of drug-likeness (QED) is 0.724. The van der Waals surface area contributed by atoms with Gasteiger partial charge >= 0.3 is 5.97 Å². The van der Waals surface area contributed by atoms with Crippen LogP contribution >= 0.6 is 0 Å². The number of aliphatic carboxylic acids is 1. The number of likely N-dealkylation sites (tertiary alicyclic amines) is 1. The van der Waals surface area contributed by atoms with E-state index in [1.54, 1.807) is 0 Å². The van der Waals surface area contributed by atoms with E-state index in [9.17, 15) is 9.59 Å². The molecule has 0 saturated carbocycles. The van der Waals surface area contributed by atoms with Gasteiger partial charge in [0.1, 0.15) is 6.04 Å². The molecule has 1 rings (SSSR count). The van der Waals surface area contributed by atoms with E-state index in [-0.39, 0.29) is 5.91 Å². The van der Waals surface area contributed by atoms with Crippen molar-refractivity contribution in [2.24, 2.45) is 5.92 Å². The Morgan fingerprint density at radius 1 is 1.43 bits per heavy atom. The largest absolute Gasteiger partial charge is 0.480 e. The number of nitrogens with zero attached hydrogens (tertiary/aromatic N) is 1. The van der Waals surface area contributed by atoms with Crippen LogP contribution in [-0.4, -0.2) is 34.5 Å². The Labute approximate surface area is 83.9 Å². The Balaban J connectivity index is 2.70. The molecule has 0 unspecified atom stereocenters. The highest BCUT2D eigenvalue weighted by Gasteiger charge is 2.33. The Morgan fingerprint density at radius 2 is 2.07 bits per heavy atom. The summed E-state index contributed by atoms with van der Waals surface area (Å²) in [5, 5.41) is 8.92. The average Bonchev–Trinajstić information content (AvgIpc) is 2.16. The lowest BCUT2D eigenvalue weighted by Gasteiger charge is -2.36. The number of piperidine rings is 1. The van der Waals surface area contributed by atoms with Gasteiger partial charge in [-0.05, 0) is 18.8 Å². The van der Waals surface area contributed by atoms with Crippen LogP contribution in [0.15, 0.2) is 0 Å². The zero-order chi connectivity index (χ0) is 10.7. The van der Waals surface area contributed by atoms with Gasteiger partial charge in [0.2, 0.25) is 5.91 Å². The minimum atomic E-state index is -0.880. The molecule has 1 aliphatic rings. The fraction of sp³-hybridized carbons (Fsp3) is 0.800. The van der Waals surface area contributed by atoms with E-state index in [1.807, 2.05) is 0 Å². The van der Waals surface area contributed by atoms with Crippen LogP contribution in [0, 0.1) is 5.92 Å². The van der Waals surface area contributed by atoms with Gasteiger partial charge in [-0.1, -0.05) is 13.3 Å². The Morgan fingerprint density at radius 3 is 2.50 bits per heavy atom. The van der Waals surface area contributed by atoms with Gasteiger partial charge in [0.15, 0.2) is 0 Å². The van der Waals surface area contributed by atoms with Crippen LogP contribution in [0.3, 0.4) is 0 Å². The molecule has 1 fully saturated rings. The summed E-state index contributed by atoms with van der Waals surface area (Å²) in [5.41, 5.74) is 0. The summed E-state index contributed by atoms with van der Waals surface area (Å²) in [6.07, 6.45) is 2.51. The van der Waals surface area contributed by atoms with E-state index in [2.05, 4.69) is 6.92 Å². The van der Waals surface area contributed by atoms with E-state index in [0.717, 1.165) is 12.8 Å². The second kappa shape index (κ2) is 4.44. The first-order valence-corrected chi connectivity index (χ1v) is 5.06. The Kier molecular flexibility index (Phi) is 3.49. The molecule has 14 heavy (non-hydrogen) atoms. The molecule has 1 saturated heterocycles. The van der Waals surface area contributed by atoms with Crippen LogP contribution in [-0.2, 0) is 9.59 Å². The smallest absolute Gasteiger partial charge is 0.326 e. The predicted molar refractivity (Wildman–Crippen MR) is 51.8 cm³/mol. The summed E-state index contributed by atoms with van der Waals surface area (Å²) in [6, 6.07) is -0.602. The lowest BCUT2D eigenvalue weighted by atomic mass is 9.91. The second-order valence-electron chi connectivity index (χ2n) is 3.88. The number of amides is 1. The lowest BCUT2D eigenvalue weighted by molar-refractivity contribution is -0.152. The van der Waals surface area contributed by atoms with Gasteiger partial charge in [-0.15, -0.1) is 0 Å². The highest BCUT2D eigenvalue weighted by molar-refractivity contribution is 5.82. The number of carbonyl (C=O) groups excluding carboxylic acids is 1. The first-order valence-electron chi connectivity index (χ1n) is 5.06. The maximum absolute atomic E-state index is 11.2. The Hall–Kier alpha value is -1.06. The summed E-state index contributed by atoms with van der Waals surface area (Å²) in [4.78, 5) is 23.6. The average molecular weight is 199 g/mol. The molecule has 4 nitrogen and oxygen atoms in total. The molecule has 0 aromatic rings. The van der Waals surface area contributed by atoms with Gasteiger partial charge in [-0.25, -0.2) is 4.79 Å². The van der Waals surface area contributed by atoms with Crippen molar-refractivity contribution in [2.45, 2.75) is 39.2 Å². The lowest BCUT2D eigenvalue weighted by Crippen LogP contribution is -2.49. The van der Waals surface area contributed by atoms with Crippen molar-refractivity contribution in [3.63, 3.8) is 0 Å². The van der Waals surface area contributed by atoms with Gasteiger partial charge in [0.05, 0.1) is 0 Å². The van der Waals surface area contributed by atoms with Crippen molar-refractivity contribution in [3.8, 4) is 0 Å². The number of hydrogen-bond donors (Lipinski definition) is 1. The third-order valence-electron chi connectivity index (χ3n) is 2.95. The molecule has 0 radical (unpaired) electrons. The molecule has 0 aliphatic carbocycles. The molecule has 0 aromatic heterocycles. The van der Waals surface area contributed by atoms with Gasteiger partial charge in [-0.2, -0.15) is 0 Å². The van der Waals surface area contributed by atoms with Gasteiger partial charge in [0.25, 0.3) is 0 Å². The standard InChI is InChI=1S/C10H17NO3/c1-3-8-4-5-9(10(13)14)11(6-8)7(2)12/h8-9H,3-6H2,1-2H3,(H,13,14)/t8-,9-/m0/s1. The summed E-state index contributed by atoms with van der Waals surface area (Å²) >= 11 is 0. The molecule has 1 N–H and O–H groups in total. The topological polar surface area (TPSA) is 57.6 Å². The zero-order valence-corrected chi connectivity index (χ0v) is 8.69. The van der Waals surface area contributed by atoms with E-state index < -0.39 is 12.0 Å². The third kappa shape index (κ3) is 2.25. The van der Waals surface area contributed by atoms with Crippen molar-refractivity contribution in [1.29, 1.82) is 0 Å². The van der Waals surface area contributed by atoms with Gasteiger partial charge in [0, 0.05) is 13.5 Å². The summed E-state index contributed by atoms with van der Waals surface area (Å²) in [5.74, 6) is -0.542. The second-order valence-corrected chi connectivity index (χ2v) is 3.88. The maximum atomic E-state index is 11.2. The van der Waals surface area contributed by atoms with Crippen molar-refractivity contribution in [2.75, 3.05) is 6.54 Å². The first kappa shape index (κ1) is 11.0. The van der Waals surface area contributed by atoms with Crippen molar-refractivity contribution >= 4 is 11.9 Å². The monoisotopic (exact) mass is 199 g/mol. The summed E-state index contributed by atoms with van der Waals surface area (Å²) < 4.78 is 0. The van der Waals surface area contributed by atoms with Crippen molar-refractivity contribution in [3.05, 3.63) is 0 Å². The van der Waals surface area contributed by atoms with Gasteiger partial charge < -0.3 is 10.0 Å². The molecule has 1 heterocycles. The molecule has 0 aromatic carbocycles. The fourth-order valence-corrected chi connectivity index (χ4v) is 1.98. The predicted octanol–water partition coefficient (Wildman–Crippen LogP) is 1.11. The molecular formula is C10H17NO3. The van der Waals surface area contributed by atoms with Gasteiger partial charge in [-0.3, -0.25) is 4.79 Å². The fourth-order valence-electron chi connectivity index (χ4n) is 1.98. The Bertz CT molecular complexity index is 240. The highest BCUT2D eigenvalue weighted by Crippen LogP contribution is 2.24. The zero-order valence-electron chi connectivity index (χ0n) is 8.69. The van der Waals surface area contributed by atoms with E-state index in [1.165, 1.54) is 11.8 Å². The summed E-state index contributed by atoms with van der Waals surface area (Å²) in [7, 11) is 0. The van der Waals surface area contributed by atoms with E-state index in [4.69, 9.17) is 5.11 Å². The van der Waals surface area contributed by atoms with Crippen LogP contribution in [0.4, 0.5) is 0 Å². The van der Waals surface area contributed by atoms with Crippen LogP contribution in [0.2, 0.25) is 0 Å². The molecule has 1 amide bonds. The molecule has 0 bridgehead atoms. The van der Waals surface area contributed by atoms with Crippen LogP contribution < -0.4 is 0 Å². The number of carbonyl (C=O) groups is 2. The molecule has 0 spiro atoms. The normalized spacial score (nSPS) is 27.4. The number of carboxylic acids is 1. The van der Waals surface area contributed by atoms with Crippen molar-refractivity contribution in [1.82, 2.24) is 4.90 Å². The number of rotatable bonds is 2. The first-order chi connectivity index (χ1) is 6.56. The van der Waals surface area contributed by atoms with Crippen molar-refractivity contribution < 1.29 is 14.7 Å². The van der Waals surface area contributed by atoms with Crippen LogP contribution in [0.25, 0.3) is 0 Å². The molecular weight excluding hydrogens is 182 g/mol. The van der Waals surface area contributed by atoms with Crippen LogP contribution in [0.5, 0.6) is 0 Å². The number of carboxylic acid groups (broad SMARTS) is 1. The van der Waals surface area contributed by atoms with E-state index in [0.29, 0.717) is 18.9 Å². The molecule has 2 atom stereocenters. The highest BCUT2D eigenvalue weighted by atomic mass is 16.4. The minimum Gasteiger partial charge on any atom is -0.480 e. The van der Waals surface area contributed by atoms with Crippen LogP contribution in [0.1, 0.15) is 33.1 Å². The molecule has 80 valence electrons. The maximum Gasteiger partial charge on any atom is 0.326 e. The number of hydrogen-bond acceptors (Lipinski definition) is 2. The van der Waals surface area contributed by atoms with E-state index >= 15 is 0 Å². The molecule has 4 heteroatoms. The summed E-state index contributed by atoms with van der Waals surface area (Å²) in [6.45, 7) is 4.11. The molecule has 1 aliphatic heterocycles. The third-order valence-corrected chi connectivity index (χ3v) is 2.95.